The molecule has 0 spiro atoms. The zero-order valence-electron chi connectivity index (χ0n) is 15.2. The van der Waals surface area contributed by atoms with Crippen molar-refractivity contribution in [2.45, 2.75) is 12.8 Å². The van der Waals surface area contributed by atoms with E-state index < -0.39 is 0 Å². The minimum Gasteiger partial charge on any atom is -0.496 e. The Morgan fingerprint density at radius 3 is 2.42 bits per heavy atom. The van der Waals surface area contributed by atoms with Crippen LogP contribution in [-0.2, 0) is 0 Å². The van der Waals surface area contributed by atoms with E-state index in [1.54, 1.807) is 20.3 Å². The molecule has 0 aromatic heterocycles. The number of nitrogen functional groups attached to an aromatic ring is 1. The van der Waals surface area contributed by atoms with Gasteiger partial charge in [0.1, 0.15) is 17.6 Å². The second-order valence-electron chi connectivity index (χ2n) is 6.25. The summed E-state index contributed by atoms with van der Waals surface area (Å²) in [6.07, 6.45) is 6.27. The first kappa shape index (κ1) is 17.7. The number of anilines is 2. The van der Waals surface area contributed by atoms with E-state index in [1.165, 1.54) is 12.8 Å². The quantitative estimate of drug-likeness (QED) is 0.654. The molecule has 5 heteroatoms. The number of hydrogen-bond acceptors (Lipinski definition) is 5. The highest BCUT2D eigenvalue weighted by atomic mass is 16.5. The van der Waals surface area contributed by atoms with Gasteiger partial charge in [-0.15, -0.1) is 0 Å². The SMILES string of the molecule is COc1cc(/C=C/c2ccc(N3CCCC3)c(C#N)c2)c(OC)cc1N. The Bertz CT molecular complexity index is 862. The molecule has 5 nitrogen and oxygen atoms in total. The van der Waals surface area contributed by atoms with Crippen LogP contribution in [0.1, 0.15) is 29.5 Å². The van der Waals surface area contributed by atoms with Gasteiger partial charge in [0.2, 0.25) is 0 Å². The van der Waals surface area contributed by atoms with Crippen LogP contribution in [0.15, 0.2) is 30.3 Å². The third-order valence-corrected chi connectivity index (χ3v) is 4.63. The minimum absolute atomic E-state index is 0.531. The Balaban J connectivity index is 1.90. The summed E-state index contributed by atoms with van der Waals surface area (Å²) in [6.45, 7) is 2.04. The van der Waals surface area contributed by atoms with Crippen LogP contribution in [-0.4, -0.2) is 27.3 Å². The second kappa shape index (κ2) is 7.83. The van der Waals surface area contributed by atoms with Crippen LogP contribution in [0, 0.1) is 11.3 Å². The molecule has 134 valence electrons. The van der Waals surface area contributed by atoms with Crippen molar-refractivity contribution >= 4 is 23.5 Å². The minimum atomic E-state index is 0.531. The van der Waals surface area contributed by atoms with Gasteiger partial charge in [0, 0.05) is 24.7 Å². The van der Waals surface area contributed by atoms with Crippen molar-refractivity contribution in [1.82, 2.24) is 0 Å². The number of nitriles is 1. The lowest BCUT2D eigenvalue weighted by Gasteiger charge is -2.19. The predicted molar refractivity (Wildman–Crippen MR) is 105 cm³/mol. The first-order chi connectivity index (χ1) is 12.7. The van der Waals surface area contributed by atoms with Crippen LogP contribution in [0.5, 0.6) is 11.5 Å². The molecule has 1 aliphatic heterocycles. The first-order valence-corrected chi connectivity index (χ1v) is 8.65. The average molecular weight is 349 g/mol. The Hall–Kier alpha value is -3.13. The van der Waals surface area contributed by atoms with Crippen LogP contribution in [0.3, 0.4) is 0 Å². The van der Waals surface area contributed by atoms with E-state index in [4.69, 9.17) is 15.2 Å². The smallest absolute Gasteiger partial charge is 0.142 e. The van der Waals surface area contributed by atoms with Crippen LogP contribution >= 0.6 is 0 Å². The number of nitrogens with zero attached hydrogens (tertiary/aromatic N) is 2. The van der Waals surface area contributed by atoms with E-state index in [0.717, 1.165) is 29.9 Å². The topological polar surface area (TPSA) is 71.5 Å². The van der Waals surface area contributed by atoms with Gasteiger partial charge in [-0.3, -0.25) is 0 Å². The van der Waals surface area contributed by atoms with Gasteiger partial charge in [0.15, 0.2) is 0 Å². The van der Waals surface area contributed by atoms with Crippen molar-refractivity contribution in [3.05, 3.63) is 47.0 Å². The maximum absolute atomic E-state index is 9.52. The first-order valence-electron chi connectivity index (χ1n) is 8.65. The van der Waals surface area contributed by atoms with Crippen molar-refractivity contribution in [1.29, 1.82) is 5.26 Å². The number of nitrogens with two attached hydrogens (primary N) is 1. The monoisotopic (exact) mass is 349 g/mol. The van der Waals surface area contributed by atoms with Crippen molar-refractivity contribution in [3.8, 4) is 17.6 Å². The van der Waals surface area contributed by atoms with Gasteiger partial charge in [-0.25, -0.2) is 0 Å². The molecule has 1 heterocycles. The molecule has 0 atom stereocenters. The summed E-state index contributed by atoms with van der Waals surface area (Å²) in [5.41, 5.74) is 10.0. The zero-order chi connectivity index (χ0) is 18.5. The van der Waals surface area contributed by atoms with Crippen LogP contribution in [0.25, 0.3) is 12.2 Å². The number of hydrogen-bond donors (Lipinski definition) is 1. The third-order valence-electron chi connectivity index (χ3n) is 4.63. The van der Waals surface area contributed by atoms with Gasteiger partial charge in [0.25, 0.3) is 0 Å². The predicted octanol–water partition coefficient (Wildman–Crippen LogP) is 3.93. The average Bonchev–Trinajstić information content (AvgIpc) is 3.20. The summed E-state index contributed by atoms with van der Waals surface area (Å²) in [4.78, 5) is 2.28. The molecule has 26 heavy (non-hydrogen) atoms. The summed E-state index contributed by atoms with van der Waals surface area (Å²) >= 11 is 0. The van der Waals surface area contributed by atoms with Gasteiger partial charge < -0.3 is 20.1 Å². The Kier molecular flexibility index (Phi) is 5.33. The number of ether oxygens (including phenoxy) is 2. The standard InChI is InChI=1S/C21H23N3O2/c1-25-20-13-18(23)21(26-2)12-16(20)7-5-15-6-8-19(17(11-15)14-22)24-9-3-4-10-24/h5-8,11-13H,3-4,9-10,23H2,1-2H3/b7-5+. The van der Waals surface area contributed by atoms with Crippen molar-refractivity contribution in [3.63, 3.8) is 0 Å². The second-order valence-corrected chi connectivity index (χ2v) is 6.25. The van der Waals surface area contributed by atoms with E-state index in [9.17, 15) is 5.26 Å². The maximum Gasteiger partial charge on any atom is 0.142 e. The fourth-order valence-electron chi connectivity index (χ4n) is 3.24. The van der Waals surface area contributed by atoms with Gasteiger partial charge in [-0.05, 0) is 36.6 Å². The summed E-state index contributed by atoms with van der Waals surface area (Å²) < 4.78 is 10.7. The molecule has 0 radical (unpaired) electrons. The Morgan fingerprint density at radius 2 is 1.77 bits per heavy atom. The fourth-order valence-corrected chi connectivity index (χ4v) is 3.24. The molecule has 1 saturated heterocycles. The van der Waals surface area contributed by atoms with E-state index in [2.05, 4.69) is 11.0 Å². The zero-order valence-corrected chi connectivity index (χ0v) is 15.2. The molecule has 1 aliphatic rings. The van der Waals surface area contributed by atoms with Crippen LogP contribution < -0.4 is 20.1 Å². The molecular formula is C21H23N3O2. The summed E-state index contributed by atoms with van der Waals surface area (Å²) in [5.74, 6) is 1.28. The molecule has 0 amide bonds. The molecule has 2 aromatic carbocycles. The van der Waals surface area contributed by atoms with Gasteiger partial charge in [-0.1, -0.05) is 18.2 Å². The van der Waals surface area contributed by atoms with Crippen molar-refractivity contribution in [2.75, 3.05) is 37.9 Å². The lowest BCUT2D eigenvalue weighted by Crippen LogP contribution is -2.18. The lowest BCUT2D eigenvalue weighted by molar-refractivity contribution is 0.404. The summed E-state index contributed by atoms with van der Waals surface area (Å²) in [6, 6.07) is 11.9. The van der Waals surface area contributed by atoms with Gasteiger partial charge in [-0.2, -0.15) is 5.26 Å². The number of benzene rings is 2. The number of methoxy groups -OCH3 is 2. The molecule has 2 aromatic rings. The highest BCUT2D eigenvalue weighted by Gasteiger charge is 2.15. The molecule has 0 saturated carbocycles. The van der Waals surface area contributed by atoms with E-state index in [0.29, 0.717) is 22.7 Å². The maximum atomic E-state index is 9.52. The molecule has 0 bridgehead atoms. The Labute approximate surface area is 154 Å². The highest BCUT2D eigenvalue weighted by Crippen LogP contribution is 2.32. The lowest BCUT2D eigenvalue weighted by atomic mass is 10.1. The summed E-state index contributed by atoms with van der Waals surface area (Å²) in [7, 11) is 3.19. The molecular weight excluding hydrogens is 326 g/mol. The molecule has 2 N–H and O–H groups in total. The normalized spacial score (nSPS) is 13.8. The fraction of sp³-hybridized carbons (Fsp3) is 0.286. The molecule has 0 aliphatic carbocycles. The van der Waals surface area contributed by atoms with Gasteiger partial charge >= 0.3 is 0 Å². The Morgan fingerprint density at radius 1 is 1.04 bits per heavy atom. The van der Waals surface area contributed by atoms with Crippen molar-refractivity contribution < 1.29 is 9.47 Å². The molecule has 3 rings (SSSR count). The molecule has 0 unspecified atom stereocenters. The van der Waals surface area contributed by atoms with Gasteiger partial charge in [0.05, 0.1) is 31.2 Å². The molecule has 1 fully saturated rings. The van der Waals surface area contributed by atoms with E-state index in [-0.39, 0.29) is 0 Å². The van der Waals surface area contributed by atoms with E-state index >= 15 is 0 Å². The van der Waals surface area contributed by atoms with Crippen molar-refractivity contribution in [2.24, 2.45) is 0 Å². The summed E-state index contributed by atoms with van der Waals surface area (Å²) in [5, 5.41) is 9.52. The van der Waals surface area contributed by atoms with Crippen LogP contribution in [0.4, 0.5) is 11.4 Å². The van der Waals surface area contributed by atoms with E-state index in [1.807, 2.05) is 36.4 Å². The highest BCUT2D eigenvalue weighted by molar-refractivity contribution is 5.77. The number of rotatable bonds is 5. The third kappa shape index (κ3) is 3.60. The largest absolute Gasteiger partial charge is 0.496 e. The van der Waals surface area contributed by atoms with Crippen LogP contribution in [0.2, 0.25) is 0 Å².